The molecule has 0 saturated carbocycles. The van der Waals surface area contributed by atoms with Crippen molar-refractivity contribution in [3.63, 3.8) is 0 Å². The molecule has 152 valence electrons. The third-order valence-corrected chi connectivity index (χ3v) is 4.63. The number of hydrogen-bond donors (Lipinski definition) is 1. The number of halogens is 3. The molecule has 1 aliphatic rings. The standard InChI is InChI=1S/C20H24F3N3O2/c1-12-7-9-24-17-14(20(21,22)23)5-6-15(16(12)17)26-10-8-13(11-26)25-18(27)28-19(2,3)4/h5-7,9,13H,8,10-11H2,1-4H3,(H,25,27). The number of nitrogens with one attached hydrogen (secondary N) is 1. The summed E-state index contributed by atoms with van der Waals surface area (Å²) in [6, 6.07) is 4.15. The summed E-state index contributed by atoms with van der Waals surface area (Å²) in [6.45, 7) is 8.26. The normalized spacial score (nSPS) is 17.8. The number of fused-ring (bicyclic) bond motifs is 1. The highest BCUT2D eigenvalue weighted by atomic mass is 19.4. The summed E-state index contributed by atoms with van der Waals surface area (Å²) in [4.78, 5) is 18.0. The molecule has 28 heavy (non-hydrogen) atoms. The van der Waals surface area contributed by atoms with E-state index < -0.39 is 23.4 Å². The Morgan fingerprint density at radius 3 is 2.61 bits per heavy atom. The highest BCUT2D eigenvalue weighted by molar-refractivity contribution is 5.96. The average molecular weight is 395 g/mol. The molecular formula is C20H24F3N3O2. The van der Waals surface area contributed by atoms with E-state index in [-0.39, 0.29) is 11.6 Å². The van der Waals surface area contributed by atoms with Gasteiger partial charge < -0.3 is 15.0 Å². The van der Waals surface area contributed by atoms with Crippen molar-refractivity contribution in [2.24, 2.45) is 0 Å². The van der Waals surface area contributed by atoms with Gasteiger partial charge in [-0.1, -0.05) is 0 Å². The molecule has 0 aliphatic carbocycles. The van der Waals surface area contributed by atoms with Gasteiger partial charge in [0, 0.05) is 30.4 Å². The molecule has 1 aromatic carbocycles. The zero-order valence-corrected chi connectivity index (χ0v) is 16.4. The number of anilines is 1. The maximum atomic E-state index is 13.4. The Hall–Kier alpha value is -2.51. The second-order valence-electron chi connectivity index (χ2n) is 8.06. The molecule has 1 aliphatic heterocycles. The van der Waals surface area contributed by atoms with E-state index in [4.69, 9.17) is 4.74 Å². The van der Waals surface area contributed by atoms with Crippen LogP contribution in [0.3, 0.4) is 0 Å². The summed E-state index contributed by atoms with van der Waals surface area (Å²) in [5.74, 6) is 0. The summed E-state index contributed by atoms with van der Waals surface area (Å²) in [7, 11) is 0. The Morgan fingerprint density at radius 1 is 1.25 bits per heavy atom. The minimum atomic E-state index is -4.47. The Balaban J connectivity index is 1.86. The van der Waals surface area contributed by atoms with Crippen LogP contribution in [-0.4, -0.2) is 35.8 Å². The Kier molecular flexibility index (Phi) is 5.16. The minimum Gasteiger partial charge on any atom is -0.444 e. The molecule has 1 amide bonds. The number of alkyl halides is 3. The maximum absolute atomic E-state index is 13.4. The summed E-state index contributed by atoms with van der Waals surface area (Å²) >= 11 is 0. The first-order valence-corrected chi connectivity index (χ1v) is 9.16. The van der Waals surface area contributed by atoms with E-state index in [1.165, 1.54) is 12.3 Å². The first kappa shape index (κ1) is 20.2. The number of aromatic nitrogens is 1. The van der Waals surface area contributed by atoms with Crippen molar-refractivity contribution >= 4 is 22.7 Å². The number of hydrogen-bond acceptors (Lipinski definition) is 4. The SMILES string of the molecule is Cc1ccnc2c(C(F)(F)F)ccc(N3CCC(NC(=O)OC(C)(C)C)C3)c12. The Morgan fingerprint density at radius 2 is 1.96 bits per heavy atom. The number of amides is 1. The van der Waals surface area contributed by atoms with Crippen LogP contribution in [0.15, 0.2) is 24.4 Å². The molecule has 3 rings (SSSR count). The molecule has 0 radical (unpaired) electrons. The van der Waals surface area contributed by atoms with Crippen molar-refractivity contribution in [1.29, 1.82) is 0 Å². The topological polar surface area (TPSA) is 54.5 Å². The molecule has 1 fully saturated rings. The number of nitrogens with zero attached hydrogens (tertiary/aromatic N) is 2. The van der Waals surface area contributed by atoms with E-state index in [9.17, 15) is 18.0 Å². The smallest absolute Gasteiger partial charge is 0.418 e. The van der Waals surface area contributed by atoms with Crippen LogP contribution in [0.1, 0.15) is 38.3 Å². The van der Waals surface area contributed by atoms with Gasteiger partial charge in [-0.3, -0.25) is 4.98 Å². The van der Waals surface area contributed by atoms with Crippen LogP contribution in [0, 0.1) is 6.92 Å². The second kappa shape index (κ2) is 7.14. The van der Waals surface area contributed by atoms with Crippen LogP contribution in [-0.2, 0) is 10.9 Å². The van der Waals surface area contributed by atoms with Crippen molar-refractivity contribution in [2.75, 3.05) is 18.0 Å². The minimum absolute atomic E-state index is 0.0476. The molecular weight excluding hydrogens is 371 g/mol. The third kappa shape index (κ3) is 4.31. The third-order valence-electron chi connectivity index (χ3n) is 4.63. The molecule has 0 bridgehead atoms. The zero-order valence-electron chi connectivity index (χ0n) is 16.4. The lowest BCUT2D eigenvalue weighted by molar-refractivity contribution is -0.136. The van der Waals surface area contributed by atoms with Crippen molar-refractivity contribution in [1.82, 2.24) is 10.3 Å². The van der Waals surface area contributed by atoms with Crippen LogP contribution in [0.2, 0.25) is 0 Å². The van der Waals surface area contributed by atoms with Crippen LogP contribution in [0.5, 0.6) is 0 Å². The number of benzene rings is 1. The van der Waals surface area contributed by atoms with Crippen molar-refractivity contribution in [2.45, 2.75) is 51.9 Å². The molecule has 8 heteroatoms. The lowest BCUT2D eigenvalue weighted by Crippen LogP contribution is -2.40. The quantitative estimate of drug-likeness (QED) is 0.803. The Bertz CT molecular complexity index is 891. The van der Waals surface area contributed by atoms with Gasteiger partial charge in [0.25, 0.3) is 0 Å². The van der Waals surface area contributed by atoms with Crippen LogP contribution < -0.4 is 10.2 Å². The fourth-order valence-electron chi connectivity index (χ4n) is 3.47. The van der Waals surface area contributed by atoms with Crippen molar-refractivity contribution < 1.29 is 22.7 Å². The molecule has 1 unspecified atom stereocenters. The molecule has 5 nitrogen and oxygen atoms in total. The first-order chi connectivity index (χ1) is 13.0. The zero-order chi connectivity index (χ0) is 20.7. The van der Waals surface area contributed by atoms with Gasteiger partial charge in [0.15, 0.2) is 0 Å². The number of carbonyl (C=O) groups is 1. The Labute approximate surface area is 161 Å². The predicted octanol–water partition coefficient (Wildman–Crippen LogP) is 4.67. The van der Waals surface area contributed by atoms with Gasteiger partial charge in [-0.2, -0.15) is 13.2 Å². The van der Waals surface area contributed by atoms with E-state index in [1.807, 2.05) is 4.90 Å². The molecule has 1 saturated heterocycles. The predicted molar refractivity (Wildman–Crippen MR) is 101 cm³/mol. The number of alkyl carbamates (subject to hydrolysis) is 1. The van der Waals surface area contributed by atoms with Crippen LogP contribution in [0.25, 0.3) is 10.9 Å². The van der Waals surface area contributed by atoms with Gasteiger partial charge in [-0.15, -0.1) is 0 Å². The van der Waals surface area contributed by atoms with Crippen molar-refractivity contribution in [3.8, 4) is 0 Å². The van der Waals surface area contributed by atoms with E-state index in [0.717, 1.165) is 11.6 Å². The first-order valence-electron chi connectivity index (χ1n) is 9.16. The van der Waals surface area contributed by atoms with Crippen LogP contribution in [0.4, 0.5) is 23.7 Å². The van der Waals surface area contributed by atoms with Crippen LogP contribution >= 0.6 is 0 Å². The molecule has 2 aromatic rings. The number of pyridine rings is 1. The molecule has 2 heterocycles. The number of aryl methyl sites for hydroxylation is 1. The van der Waals surface area contributed by atoms with Gasteiger partial charge >= 0.3 is 12.3 Å². The number of carbonyl (C=O) groups excluding carboxylic acids is 1. The lowest BCUT2D eigenvalue weighted by atomic mass is 10.0. The van der Waals surface area contributed by atoms with Gasteiger partial charge in [0.1, 0.15) is 5.60 Å². The average Bonchev–Trinajstić information content (AvgIpc) is 2.99. The second-order valence-corrected chi connectivity index (χ2v) is 8.06. The van der Waals surface area contributed by atoms with Gasteiger partial charge in [-0.25, -0.2) is 4.79 Å². The van der Waals surface area contributed by atoms with E-state index >= 15 is 0 Å². The van der Waals surface area contributed by atoms with Gasteiger partial charge in [-0.05, 0) is 57.9 Å². The summed E-state index contributed by atoms with van der Waals surface area (Å²) in [6.07, 6.45) is -2.88. The molecule has 1 N–H and O–H groups in total. The highest BCUT2D eigenvalue weighted by Gasteiger charge is 2.35. The molecule has 0 spiro atoms. The van der Waals surface area contributed by atoms with E-state index in [0.29, 0.717) is 30.6 Å². The van der Waals surface area contributed by atoms with E-state index in [1.54, 1.807) is 33.8 Å². The fourth-order valence-corrected chi connectivity index (χ4v) is 3.47. The lowest BCUT2D eigenvalue weighted by Gasteiger charge is -2.24. The number of rotatable bonds is 2. The summed E-state index contributed by atoms with van der Waals surface area (Å²) in [5.41, 5.74) is 0.0530. The maximum Gasteiger partial charge on any atom is 0.418 e. The van der Waals surface area contributed by atoms with Gasteiger partial charge in [0.05, 0.1) is 17.1 Å². The number of ether oxygens (including phenoxy) is 1. The van der Waals surface area contributed by atoms with E-state index in [2.05, 4.69) is 10.3 Å². The van der Waals surface area contributed by atoms with Gasteiger partial charge in [0.2, 0.25) is 0 Å². The molecule has 1 atom stereocenters. The fraction of sp³-hybridized carbons (Fsp3) is 0.500. The summed E-state index contributed by atoms with van der Waals surface area (Å²) < 4.78 is 45.4. The van der Waals surface area contributed by atoms with Crippen molar-refractivity contribution in [3.05, 3.63) is 35.5 Å². The largest absolute Gasteiger partial charge is 0.444 e. The molecule has 1 aromatic heterocycles. The monoisotopic (exact) mass is 395 g/mol. The highest BCUT2D eigenvalue weighted by Crippen LogP contribution is 2.39. The summed E-state index contributed by atoms with van der Waals surface area (Å²) in [5, 5.41) is 3.33.